The minimum Gasteiger partial charge on any atom is -0.444 e. The number of rotatable bonds is 9. The lowest BCUT2D eigenvalue weighted by Crippen LogP contribution is -2.45. The predicted molar refractivity (Wildman–Crippen MR) is 159 cm³/mol. The molecule has 0 saturated carbocycles. The zero-order chi connectivity index (χ0) is 28.6. The van der Waals surface area contributed by atoms with Crippen molar-refractivity contribution in [1.29, 1.82) is 0 Å². The lowest BCUT2D eigenvalue weighted by atomic mass is 9.98. The van der Waals surface area contributed by atoms with Crippen LogP contribution in [-0.2, 0) is 27.4 Å². The third-order valence-corrected chi connectivity index (χ3v) is 8.14. The Balaban J connectivity index is 1.26. The van der Waals surface area contributed by atoms with Crippen LogP contribution in [0.25, 0.3) is 0 Å². The van der Waals surface area contributed by atoms with Gasteiger partial charge < -0.3 is 15.8 Å². The largest absolute Gasteiger partial charge is 0.444 e. The van der Waals surface area contributed by atoms with Crippen LogP contribution in [0.2, 0.25) is 0 Å². The van der Waals surface area contributed by atoms with Gasteiger partial charge in [-0.05, 0) is 46.5 Å². The van der Waals surface area contributed by atoms with Gasteiger partial charge in [0.15, 0.2) is 5.78 Å². The summed E-state index contributed by atoms with van der Waals surface area (Å²) in [6, 6.07) is 27.9. The zero-order valence-electron chi connectivity index (χ0n) is 22.3. The number of nitrogens with two attached hydrogens (primary N) is 1. The molecule has 41 heavy (non-hydrogen) atoms. The maximum absolute atomic E-state index is 13.4. The molecule has 2 heterocycles. The third kappa shape index (κ3) is 7.00. The van der Waals surface area contributed by atoms with Crippen molar-refractivity contribution in [3.63, 3.8) is 0 Å². The van der Waals surface area contributed by atoms with Crippen molar-refractivity contribution in [2.24, 2.45) is 5.73 Å². The average Bonchev–Trinajstić information content (AvgIpc) is 3.47. The van der Waals surface area contributed by atoms with E-state index in [0.29, 0.717) is 17.0 Å². The molecule has 0 aliphatic carbocycles. The molecule has 1 aliphatic heterocycles. The van der Waals surface area contributed by atoms with Gasteiger partial charge in [-0.2, -0.15) is 0 Å². The number of hydrogen-bond donors (Lipinski definition) is 2. The van der Waals surface area contributed by atoms with E-state index in [9.17, 15) is 14.4 Å². The van der Waals surface area contributed by atoms with Crippen LogP contribution < -0.4 is 11.1 Å². The summed E-state index contributed by atoms with van der Waals surface area (Å²) in [7, 11) is 0. The average molecular weight is 567 g/mol. The van der Waals surface area contributed by atoms with E-state index in [-0.39, 0.29) is 24.7 Å². The molecule has 0 radical (unpaired) electrons. The molecule has 1 aliphatic rings. The number of anilines is 1. The number of ether oxygens (including phenoxy) is 1. The second-order valence-electron chi connectivity index (χ2n) is 9.65. The van der Waals surface area contributed by atoms with Crippen LogP contribution in [0.5, 0.6) is 0 Å². The van der Waals surface area contributed by atoms with Crippen molar-refractivity contribution in [1.82, 2.24) is 9.88 Å². The lowest BCUT2D eigenvalue weighted by Gasteiger charge is -2.28. The number of nitrogens with zero attached hydrogens (tertiary/aromatic N) is 2. The Kier molecular flexibility index (Phi) is 9.08. The summed E-state index contributed by atoms with van der Waals surface area (Å²) in [5, 5.41) is 2.51. The summed E-state index contributed by atoms with van der Waals surface area (Å²) in [4.78, 5) is 45.0. The monoisotopic (exact) mass is 566 g/mol. The maximum atomic E-state index is 13.4. The van der Waals surface area contributed by atoms with Crippen molar-refractivity contribution >= 4 is 35.2 Å². The molecular weight excluding hydrogens is 536 g/mol. The molecule has 3 unspecified atom stereocenters. The molecule has 2 amide bonds. The van der Waals surface area contributed by atoms with Gasteiger partial charge in [-0.1, -0.05) is 72.8 Å². The van der Waals surface area contributed by atoms with Gasteiger partial charge in [-0.15, -0.1) is 11.8 Å². The van der Waals surface area contributed by atoms with Crippen molar-refractivity contribution < 1.29 is 19.1 Å². The molecule has 1 aromatic heterocycles. The number of amides is 2. The van der Waals surface area contributed by atoms with Crippen LogP contribution in [0.4, 0.5) is 10.5 Å². The SMILES string of the molecule is NC(C(=O)Cc1ccccc1)c1ccc(NC(=O)C2CSC(c3ccncc3)N2C(=O)OCc2ccccc2)cc1. The molecule has 3 aromatic carbocycles. The number of pyridine rings is 1. The Morgan fingerprint density at radius 1 is 0.902 bits per heavy atom. The number of ketones is 1. The molecule has 5 rings (SSSR count). The van der Waals surface area contributed by atoms with Crippen molar-refractivity contribution in [2.75, 3.05) is 11.1 Å². The van der Waals surface area contributed by atoms with Crippen LogP contribution >= 0.6 is 11.8 Å². The van der Waals surface area contributed by atoms with Crippen LogP contribution in [0.15, 0.2) is 109 Å². The van der Waals surface area contributed by atoms with Gasteiger partial charge in [0, 0.05) is 30.3 Å². The molecule has 1 fully saturated rings. The molecule has 8 nitrogen and oxygen atoms in total. The number of nitrogens with one attached hydrogen (secondary N) is 1. The number of carbonyl (C=O) groups is 3. The van der Waals surface area contributed by atoms with Crippen molar-refractivity contribution in [2.45, 2.75) is 30.5 Å². The van der Waals surface area contributed by atoms with E-state index in [2.05, 4.69) is 10.3 Å². The first kappa shape index (κ1) is 28.1. The van der Waals surface area contributed by atoms with E-state index in [1.165, 1.54) is 16.7 Å². The summed E-state index contributed by atoms with van der Waals surface area (Å²) in [5.41, 5.74) is 10.0. The minimum atomic E-state index is -0.776. The van der Waals surface area contributed by atoms with Gasteiger partial charge in [0.05, 0.1) is 6.04 Å². The zero-order valence-corrected chi connectivity index (χ0v) is 23.1. The fraction of sp³-hybridized carbons (Fsp3) is 0.188. The highest BCUT2D eigenvalue weighted by atomic mass is 32.2. The molecule has 3 atom stereocenters. The number of aromatic nitrogens is 1. The first-order valence-corrected chi connectivity index (χ1v) is 14.3. The molecule has 0 spiro atoms. The molecule has 1 saturated heterocycles. The fourth-order valence-corrected chi connectivity index (χ4v) is 6.02. The Hall–Kier alpha value is -4.47. The van der Waals surface area contributed by atoms with E-state index in [4.69, 9.17) is 10.5 Å². The quantitative estimate of drug-likeness (QED) is 0.283. The third-order valence-electron chi connectivity index (χ3n) is 6.82. The molecular formula is C32H30N4O4S. The van der Waals surface area contributed by atoms with Gasteiger partial charge in [0.1, 0.15) is 18.0 Å². The Bertz CT molecular complexity index is 1470. The number of benzene rings is 3. The molecule has 9 heteroatoms. The molecule has 3 N–H and O–H groups in total. The normalized spacial score (nSPS) is 17.0. The molecule has 0 bridgehead atoms. The van der Waals surface area contributed by atoms with E-state index >= 15 is 0 Å². The fourth-order valence-electron chi connectivity index (χ4n) is 4.60. The Morgan fingerprint density at radius 2 is 1.54 bits per heavy atom. The second kappa shape index (κ2) is 13.3. The predicted octanol–water partition coefficient (Wildman–Crippen LogP) is 5.28. The summed E-state index contributed by atoms with van der Waals surface area (Å²) >= 11 is 1.49. The smallest absolute Gasteiger partial charge is 0.412 e. The molecule has 4 aromatic rings. The van der Waals surface area contributed by atoms with Crippen LogP contribution in [-0.4, -0.2) is 39.5 Å². The highest BCUT2D eigenvalue weighted by Gasteiger charge is 2.43. The van der Waals surface area contributed by atoms with Crippen molar-refractivity contribution in [3.05, 3.63) is 132 Å². The van der Waals surface area contributed by atoms with Gasteiger partial charge >= 0.3 is 6.09 Å². The number of hydrogen-bond acceptors (Lipinski definition) is 7. The lowest BCUT2D eigenvalue weighted by molar-refractivity contribution is -0.120. The standard InChI is InChI=1S/C32H30N4O4S/c33-29(28(37)19-22-7-3-1-4-8-22)24-11-13-26(14-12-24)35-30(38)27-21-41-31(25-15-17-34-18-16-25)36(27)32(39)40-20-23-9-5-2-6-10-23/h1-18,27,29,31H,19-21,33H2,(H,35,38). The Morgan fingerprint density at radius 3 is 2.20 bits per heavy atom. The van der Waals surface area contributed by atoms with E-state index in [1.807, 2.05) is 72.8 Å². The van der Waals surface area contributed by atoms with E-state index in [1.54, 1.807) is 36.7 Å². The minimum absolute atomic E-state index is 0.0947. The van der Waals surface area contributed by atoms with Gasteiger partial charge in [0.2, 0.25) is 5.91 Å². The maximum Gasteiger partial charge on any atom is 0.412 e. The number of carbonyl (C=O) groups excluding carboxylic acids is 3. The number of Topliss-reactive ketones (excluding diaryl/α,β-unsaturated/α-hetero) is 1. The topological polar surface area (TPSA) is 115 Å². The highest BCUT2D eigenvalue weighted by molar-refractivity contribution is 7.99. The molecule has 208 valence electrons. The van der Waals surface area contributed by atoms with Gasteiger partial charge in [-0.3, -0.25) is 19.5 Å². The summed E-state index contributed by atoms with van der Waals surface area (Å²) in [5.74, 6) is -0.0263. The van der Waals surface area contributed by atoms with E-state index in [0.717, 1.165) is 16.7 Å². The van der Waals surface area contributed by atoms with Crippen LogP contribution in [0, 0.1) is 0 Å². The second-order valence-corrected chi connectivity index (χ2v) is 10.8. The first-order chi connectivity index (χ1) is 20.0. The summed E-state index contributed by atoms with van der Waals surface area (Å²) in [6.45, 7) is 0.100. The Labute approximate surface area is 242 Å². The van der Waals surface area contributed by atoms with Gasteiger partial charge in [0.25, 0.3) is 0 Å². The van der Waals surface area contributed by atoms with Crippen molar-refractivity contribution in [3.8, 4) is 0 Å². The number of thioether (sulfide) groups is 1. The summed E-state index contributed by atoms with van der Waals surface area (Å²) in [6.07, 6.45) is 3.00. The van der Waals surface area contributed by atoms with Crippen LogP contribution in [0.1, 0.15) is 33.7 Å². The van der Waals surface area contributed by atoms with Crippen LogP contribution in [0.3, 0.4) is 0 Å². The van der Waals surface area contributed by atoms with Gasteiger partial charge in [-0.25, -0.2) is 4.79 Å². The summed E-state index contributed by atoms with van der Waals surface area (Å²) < 4.78 is 5.63. The highest BCUT2D eigenvalue weighted by Crippen LogP contribution is 2.42. The van der Waals surface area contributed by atoms with E-state index < -0.39 is 23.6 Å². The first-order valence-electron chi connectivity index (χ1n) is 13.2.